The summed E-state index contributed by atoms with van der Waals surface area (Å²) in [5.74, 6) is -0.298. The zero-order valence-electron chi connectivity index (χ0n) is 8.95. The van der Waals surface area contributed by atoms with E-state index < -0.39 is 0 Å². The summed E-state index contributed by atoms with van der Waals surface area (Å²) in [5, 5.41) is 7.52. The molecule has 0 saturated heterocycles. The number of amides is 1. The third kappa shape index (κ3) is 3.92. The van der Waals surface area contributed by atoms with Crippen molar-refractivity contribution < 1.29 is 9.59 Å². The van der Waals surface area contributed by atoms with Gasteiger partial charge in [-0.3, -0.25) is 9.59 Å². The van der Waals surface area contributed by atoms with Crippen molar-refractivity contribution in [2.24, 2.45) is 0 Å². The molecule has 6 heteroatoms. The van der Waals surface area contributed by atoms with Crippen LogP contribution in [0.1, 0.15) is 17.4 Å². The number of aromatic nitrogens is 1. The number of hydrogen-bond acceptors (Lipinski definition) is 5. The second-order valence-electron chi connectivity index (χ2n) is 3.06. The Morgan fingerprint density at radius 2 is 2.38 bits per heavy atom. The summed E-state index contributed by atoms with van der Waals surface area (Å²) in [7, 11) is 0. The first-order chi connectivity index (χ1) is 7.63. The maximum Gasteiger partial charge on any atom is 0.240 e. The van der Waals surface area contributed by atoms with Crippen LogP contribution >= 0.6 is 11.3 Å². The molecule has 1 heterocycles. The van der Waals surface area contributed by atoms with Gasteiger partial charge in [-0.25, -0.2) is 4.98 Å². The van der Waals surface area contributed by atoms with Gasteiger partial charge in [-0.05, 0) is 0 Å². The highest BCUT2D eigenvalue weighted by atomic mass is 32.1. The number of hydrogen-bond donors (Lipinski definition) is 2. The molecule has 0 unspecified atom stereocenters. The molecule has 1 aromatic heterocycles. The Morgan fingerprint density at radius 1 is 1.62 bits per heavy atom. The number of Topliss-reactive ketones (excluding diaryl/α,β-unsaturated/α-hetero) is 1. The van der Waals surface area contributed by atoms with Crippen LogP contribution in [0.5, 0.6) is 0 Å². The van der Waals surface area contributed by atoms with Crippen molar-refractivity contribution in [2.75, 3.05) is 18.4 Å². The summed E-state index contributed by atoms with van der Waals surface area (Å²) in [5.41, 5.74) is 0.374. The third-order valence-corrected chi connectivity index (χ3v) is 2.44. The van der Waals surface area contributed by atoms with Crippen molar-refractivity contribution in [3.8, 4) is 0 Å². The van der Waals surface area contributed by atoms with Crippen LogP contribution in [0.3, 0.4) is 0 Å². The fourth-order valence-electron chi connectivity index (χ4n) is 0.944. The lowest BCUT2D eigenvalue weighted by atomic mass is 10.4. The van der Waals surface area contributed by atoms with E-state index in [0.717, 1.165) is 0 Å². The summed E-state index contributed by atoms with van der Waals surface area (Å²) in [4.78, 5) is 26.3. The van der Waals surface area contributed by atoms with Crippen LogP contribution < -0.4 is 10.6 Å². The minimum atomic E-state index is -0.189. The van der Waals surface area contributed by atoms with Crippen LogP contribution in [-0.4, -0.2) is 29.8 Å². The molecule has 1 rings (SSSR count). The van der Waals surface area contributed by atoms with Crippen molar-refractivity contribution in [2.45, 2.75) is 6.92 Å². The molecule has 0 aliphatic rings. The fraction of sp³-hybridized carbons (Fsp3) is 0.300. The molecule has 1 aromatic rings. The zero-order chi connectivity index (χ0) is 12.0. The van der Waals surface area contributed by atoms with Gasteiger partial charge in [-0.1, -0.05) is 6.08 Å². The molecule has 86 valence electrons. The van der Waals surface area contributed by atoms with Gasteiger partial charge in [0.25, 0.3) is 0 Å². The summed E-state index contributed by atoms with van der Waals surface area (Å²) in [6.45, 7) is 5.73. The van der Waals surface area contributed by atoms with Crippen LogP contribution in [0.25, 0.3) is 0 Å². The van der Waals surface area contributed by atoms with E-state index in [9.17, 15) is 9.59 Å². The molecule has 2 N–H and O–H groups in total. The lowest BCUT2D eigenvalue weighted by Gasteiger charge is -2.01. The molecule has 0 radical (unpaired) electrons. The van der Waals surface area contributed by atoms with Gasteiger partial charge >= 0.3 is 0 Å². The van der Waals surface area contributed by atoms with Crippen molar-refractivity contribution >= 4 is 28.2 Å². The van der Waals surface area contributed by atoms with E-state index in [1.165, 1.54) is 18.3 Å². The van der Waals surface area contributed by atoms with Gasteiger partial charge in [0.15, 0.2) is 10.9 Å². The number of carbonyl (C=O) groups excluding carboxylic acids is 2. The number of thiazole rings is 1. The number of ketones is 1. The first-order valence-corrected chi connectivity index (χ1v) is 5.59. The number of nitrogens with zero attached hydrogens (tertiary/aromatic N) is 1. The number of nitrogens with one attached hydrogen (secondary N) is 2. The molecule has 0 aliphatic carbocycles. The fourth-order valence-corrected chi connectivity index (χ4v) is 1.71. The third-order valence-electron chi connectivity index (χ3n) is 1.69. The average Bonchev–Trinajstić information content (AvgIpc) is 2.66. The lowest BCUT2D eigenvalue weighted by molar-refractivity contribution is -0.115. The Labute approximate surface area is 97.6 Å². The lowest BCUT2D eigenvalue weighted by Crippen LogP contribution is -2.28. The number of carbonyl (C=O) groups is 2. The molecule has 16 heavy (non-hydrogen) atoms. The van der Waals surface area contributed by atoms with Gasteiger partial charge in [0, 0.05) is 18.8 Å². The number of anilines is 1. The summed E-state index contributed by atoms with van der Waals surface area (Å²) >= 11 is 1.23. The van der Waals surface area contributed by atoms with Crippen molar-refractivity contribution in [1.82, 2.24) is 10.3 Å². The molecule has 0 atom stereocenters. The van der Waals surface area contributed by atoms with E-state index in [4.69, 9.17) is 0 Å². The molecule has 0 bridgehead atoms. The predicted octanol–water partition coefficient (Wildman–Crippen LogP) is 1.06. The van der Waals surface area contributed by atoms with Crippen molar-refractivity contribution in [1.29, 1.82) is 0 Å². The van der Waals surface area contributed by atoms with Gasteiger partial charge in [-0.15, -0.1) is 17.9 Å². The highest BCUT2D eigenvalue weighted by Crippen LogP contribution is 2.15. The minimum Gasteiger partial charge on any atom is -0.305 e. The Morgan fingerprint density at radius 3 is 2.94 bits per heavy atom. The number of rotatable bonds is 6. The maximum absolute atomic E-state index is 11.3. The monoisotopic (exact) mass is 239 g/mol. The SMILES string of the molecule is C=CCNCC(=O)Nc1nc(C(C)=O)cs1. The van der Waals surface area contributed by atoms with E-state index in [1.807, 2.05) is 0 Å². The maximum atomic E-state index is 11.3. The van der Waals surface area contributed by atoms with Gasteiger partial charge in [0.2, 0.25) is 5.91 Å². The Hall–Kier alpha value is -1.53. The van der Waals surface area contributed by atoms with Crippen molar-refractivity contribution in [3.63, 3.8) is 0 Å². The Bertz CT molecular complexity index is 401. The van der Waals surface area contributed by atoms with Crippen molar-refractivity contribution in [3.05, 3.63) is 23.7 Å². The van der Waals surface area contributed by atoms with E-state index >= 15 is 0 Å². The first-order valence-electron chi connectivity index (χ1n) is 4.71. The van der Waals surface area contributed by atoms with Crippen LogP contribution in [0, 0.1) is 0 Å². The van der Waals surface area contributed by atoms with Crippen LogP contribution in [0.15, 0.2) is 18.0 Å². The quantitative estimate of drug-likeness (QED) is 0.442. The molecule has 1 amide bonds. The largest absolute Gasteiger partial charge is 0.305 e. The minimum absolute atomic E-state index is 0.110. The molecule has 0 saturated carbocycles. The smallest absolute Gasteiger partial charge is 0.240 e. The van der Waals surface area contributed by atoms with E-state index in [-0.39, 0.29) is 18.2 Å². The van der Waals surface area contributed by atoms with Gasteiger partial charge in [0.05, 0.1) is 6.54 Å². The average molecular weight is 239 g/mol. The zero-order valence-corrected chi connectivity index (χ0v) is 9.76. The molecular formula is C10H13N3O2S. The van der Waals surface area contributed by atoms with E-state index in [0.29, 0.717) is 17.4 Å². The summed E-state index contributed by atoms with van der Waals surface area (Å²) < 4.78 is 0. The van der Waals surface area contributed by atoms with Crippen LogP contribution in [0.4, 0.5) is 5.13 Å². The highest BCUT2D eigenvalue weighted by molar-refractivity contribution is 7.14. The summed E-state index contributed by atoms with van der Waals surface area (Å²) in [6.07, 6.45) is 1.67. The Kier molecular flexibility index (Phi) is 4.81. The highest BCUT2D eigenvalue weighted by Gasteiger charge is 2.08. The van der Waals surface area contributed by atoms with Gasteiger partial charge in [0.1, 0.15) is 5.69 Å². The molecule has 5 nitrogen and oxygen atoms in total. The molecule has 0 fully saturated rings. The topological polar surface area (TPSA) is 71.1 Å². The van der Waals surface area contributed by atoms with E-state index in [1.54, 1.807) is 11.5 Å². The predicted molar refractivity (Wildman–Crippen MR) is 63.8 cm³/mol. The Balaban J connectivity index is 2.43. The van der Waals surface area contributed by atoms with Crippen LogP contribution in [-0.2, 0) is 4.79 Å². The second-order valence-corrected chi connectivity index (χ2v) is 3.92. The van der Waals surface area contributed by atoms with Crippen LogP contribution in [0.2, 0.25) is 0 Å². The molecule has 0 aromatic carbocycles. The van der Waals surface area contributed by atoms with E-state index in [2.05, 4.69) is 22.2 Å². The molecular weight excluding hydrogens is 226 g/mol. The first kappa shape index (κ1) is 12.5. The van der Waals surface area contributed by atoms with Gasteiger partial charge < -0.3 is 10.6 Å². The standard InChI is InChI=1S/C10H13N3O2S/c1-3-4-11-5-9(15)13-10-12-8(6-16-10)7(2)14/h3,6,11H,1,4-5H2,2H3,(H,12,13,15). The normalized spacial score (nSPS) is 9.81. The molecule has 0 spiro atoms. The molecule has 0 aliphatic heterocycles. The van der Waals surface area contributed by atoms with Gasteiger partial charge in [-0.2, -0.15) is 0 Å². The second kappa shape index (κ2) is 6.14. The summed E-state index contributed by atoms with van der Waals surface area (Å²) in [6, 6.07) is 0.